The molecule has 7 heteroatoms. The number of primary amides is 1. The molecule has 158 valence electrons. The number of aromatic nitrogens is 2. The van der Waals surface area contributed by atoms with Crippen molar-refractivity contribution in [1.82, 2.24) is 9.55 Å². The highest BCUT2D eigenvalue weighted by atomic mass is 32.1. The quantitative estimate of drug-likeness (QED) is 0.469. The number of rotatable bonds is 7. The van der Waals surface area contributed by atoms with Gasteiger partial charge < -0.3 is 10.5 Å². The molecule has 2 aromatic heterocycles. The molecule has 0 unspecified atom stereocenters. The van der Waals surface area contributed by atoms with E-state index in [4.69, 9.17) is 15.5 Å². The second-order valence-corrected chi connectivity index (χ2v) is 8.25. The van der Waals surface area contributed by atoms with Crippen molar-refractivity contribution >= 4 is 27.5 Å². The molecule has 31 heavy (non-hydrogen) atoms. The van der Waals surface area contributed by atoms with Crippen LogP contribution in [0.5, 0.6) is 5.75 Å². The van der Waals surface area contributed by atoms with Gasteiger partial charge >= 0.3 is 0 Å². The van der Waals surface area contributed by atoms with Gasteiger partial charge in [0.25, 0.3) is 5.56 Å². The predicted molar refractivity (Wildman–Crippen MR) is 124 cm³/mol. The molecule has 0 radical (unpaired) electrons. The monoisotopic (exact) mass is 433 g/mol. The van der Waals surface area contributed by atoms with E-state index in [9.17, 15) is 9.59 Å². The third-order valence-electron chi connectivity index (χ3n) is 5.16. The number of thiophene rings is 1. The van der Waals surface area contributed by atoms with Gasteiger partial charge in [-0.1, -0.05) is 35.9 Å². The zero-order valence-electron chi connectivity index (χ0n) is 17.4. The molecule has 2 heterocycles. The number of benzene rings is 2. The van der Waals surface area contributed by atoms with E-state index in [0.29, 0.717) is 29.0 Å². The van der Waals surface area contributed by atoms with E-state index in [0.717, 1.165) is 28.0 Å². The highest BCUT2D eigenvalue weighted by molar-refractivity contribution is 7.17. The molecular formula is C24H23N3O3S. The normalized spacial score (nSPS) is 11.0. The summed E-state index contributed by atoms with van der Waals surface area (Å²) in [5.41, 5.74) is 8.87. The Balaban J connectivity index is 1.92. The van der Waals surface area contributed by atoms with Crippen molar-refractivity contribution in [3.8, 4) is 28.3 Å². The van der Waals surface area contributed by atoms with Crippen LogP contribution in [0.1, 0.15) is 18.4 Å². The lowest BCUT2D eigenvalue weighted by Crippen LogP contribution is -2.24. The van der Waals surface area contributed by atoms with Gasteiger partial charge in [-0.25, -0.2) is 4.98 Å². The van der Waals surface area contributed by atoms with Crippen LogP contribution in [-0.2, 0) is 11.3 Å². The molecule has 0 aliphatic rings. The minimum Gasteiger partial charge on any atom is -0.497 e. The lowest BCUT2D eigenvalue weighted by atomic mass is 10.1. The maximum atomic E-state index is 13.7. The molecule has 4 aromatic rings. The zero-order chi connectivity index (χ0) is 22.0. The van der Waals surface area contributed by atoms with E-state index < -0.39 is 0 Å². The Labute approximate surface area is 183 Å². The van der Waals surface area contributed by atoms with Crippen molar-refractivity contribution in [3.05, 3.63) is 69.8 Å². The van der Waals surface area contributed by atoms with E-state index in [2.05, 4.69) is 0 Å². The number of hydrogen-bond acceptors (Lipinski definition) is 5. The molecule has 0 atom stereocenters. The van der Waals surface area contributed by atoms with Crippen molar-refractivity contribution in [2.45, 2.75) is 26.3 Å². The van der Waals surface area contributed by atoms with Gasteiger partial charge in [0.1, 0.15) is 16.4 Å². The molecule has 0 saturated carbocycles. The number of carbonyl (C=O) groups excluding carboxylic acids is 1. The standard InChI is InChI=1S/C24H23N3O3S/c1-15-6-3-8-17(12-15)22-26-23-21(24(29)27(22)11-5-10-20(25)28)19(14-31-23)16-7-4-9-18(13-16)30-2/h3-4,6-9,12-14H,5,10-11H2,1-2H3,(H2,25,28). The summed E-state index contributed by atoms with van der Waals surface area (Å²) in [6.07, 6.45) is 0.685. The summed E-state index contributed by atoms with van der Waals surface area (Å²) >= 11 is 1.45. The Bertz CT molecular complexity index is 1320. The van der Waals surface area contributed by atoms with Crippen molar-refractivity contribution in [1.29, 1.82) is 0 Å². The number of amides is 1. The largest absolute Gasteiger partial charge is 0.497 e. The number of aryl methyl sites for hydroxylation is 1. The highest BCUT2D eigenvalue weighted by Gasteiger charge is 2.18. The summed E-state index contributed by atoms with van der Waals surface area (Å²) in [5.74, 6) is 0.944. The summed E-state index contributed by atoms with van der Waals surface area (Å²) in [4.78, 5) is 30.5. The Morgan fingerprint density at radius 1 is 1.16 bits per heavy atom. The van der Waals surface area contributed by atoms with Crippen LogP contribution in [0.4, 0.5) is 0 Å². The summed E-state index contributed by atoms with van der Waals surface area (Å²) in [6, 6.07) is 15.5. The lowest BCUT2D eigenvalue weighted by Gasteiger charge is -2.13. The molecule has 0 bridgehead atoms. The maximum absolute atomic E-state index is 13.7. The number of ether oxygens (including phenoxy) is 1. The number of carbonyl (C=O) groups is 1. The van der Waals surface area contributed by atoms with E-state index in [1.54, 1.807) is 11.7 Å². The van der Waals surface area contributed by atoms with Crippen LogP contribution in [0.15, 0.2) is 58.7 Å². The van der Waals surface area contributed by atoms with E-state index in [1.165, 1.54) is 11.3 Å². The van der Waals surface area contributed by atoms with Gasteiger partial charge in [-0.2, -0.15) is 0 Å². The third-order valence-corrected chi connectivity index (χ3v) is 6.03. The molecule has 0 fully saturated rings. The average molecular weight is 434 g/mol. The summed E-state index contributed by atoms with van der Waals surface area (Å²) < 4.78 is 7.01. The first-order valence-corrected chi connectivity index (χ1v) is 10.9. The SMILES string of the molecule is COc1cccc(-c2csc3nc(-c4cccc(C)c4)n(CCCC(N)=O)c(=O)c23)c1. The first-order chi connectivity index (χ1) is 15.0. The van der Waals surface area contributed by atoms with Crippen LogP contribution in [0.2, 0.25) is 0 Å². The van der Waals surface area contributed by atoms with Crippen molar-refractivity contribution in [3.63, 3.8) is 0 Å². The summed E-state index contributed by atoms with van der Waals surface area (Å²) in [6.45, 7) is 2.37. The Hall–Kier alpha value is -3.45. The molecule has 0 spiro atoms. The fraction of sp³-hybridized carbons (Fsp3) is 0.208. The number of nitrogens with two attached hydrogens (primary N) is 1. The predicted octanol–water partition coefficient (Wildman–Crippen LogP) is 4.37. The van der Waals surface area contributed by atoms with Gasteiger partial charge in [0, 0.05) is 29.5 Å². The first kappa shape index (κ1) is 20.8. The molecule has 6 nitrogen and oxygen atoms in total. The van der Waals surface area contributed by atoms with Crippen LogP contribution < -0.4 is 16.0 Å². The number of methoxy groups -OCH3 is 1. The summed E-state index contributed by atoms with van der Waals surface area (Å²) in [7, 11) is 1.62. The van der Waals surface area contributed by atoms with Crippen molar-refractivity contribution in [2.75, 3.05) is 7.11 Å². The second kappa shape index (κ2) is 8.73. The fourth-order valence-electron chi connectivity index (χ4n) is 3.65. The molecule has 0 aliphatic carbocycles. The minimum atomic E-state index is -0.383. The fourth-order valence-corrected chi connectivity index (χ4v) is 4.59. The van der Waals surface area contributed by atoms with Gasteiger partial charge in [-0.05, 0) is 37.1 Å². The minimum absolute atomic E-state index is 0.120. The average Bonchev–Trinajstić information content (AvgIpc) is 3.19. The zero-order valence-corrected chi connectivity index (χ0v) is 18.2. The van der Waals surface area contributed by atoms with Crippen LogP contribution >= 0.6 is 11.3 Å². The lowest BCUT2D eigenvalue weighted by molar-refractivity contribution is -0.118. The van der Waals surface area contributed by atoms with Crippen LogP contribution in [0, 0.1) is 6.92 Å². The van der Waals surface area contributed by atoms with Gasteiger partial charge in [0.05, 0.1) is 12.5 Å². The Morgan fingerprint density at radius 3 is 2.68 bits per heavy atom. The molecule has 2 N–H and O–H groups in total. The van der Waals surface area contributed by atoms with Gasteiger partial charge in [0.2, 0.25) is 5.91 Å². The van der Waals surface area contributed by atoms with Crippen LogP contribution in [0.3, 0.4) is 0 Å². The maximum Gasteiger partial charge on any atom is 0.263 e. The van der Waals surface area contributed by atoms with E-state index in [-0.39, 0.29) is 17.9 Å². The van der Waals surface area contributed by atoms with Crippen LogP contribution in [-0.4, -0.2) is 22.6 Å². The molecule has 0 aliphatic heterocycles. The van der Waals surface area contributed by atoms with E-state index >= 15 is 0 Å². The second-order valence-electron chi connectivity index (χ2n) is 7.39. The Morgan fingerprint density at radius 2 is 1.94 bits per heavy atom. The smallest absolute Gasteiger partial charge is 0.263 e. The molecular weight excluding hydrogens is 410 g/mol. The molecule has 0 saturated heterocycles. The highest BCUT2D eigenvalue weighted by Crippen LogP contribution is 2.34. The molecule has 1 amide bonds. The number of nitrogens with zero attached hydrogens (tertiary/aromatic N) is 2. The molecule has 4 rings (SSSR count). The van der Waals surface area contributed by atoms with Crippen molar-refractivity contribution in [2.24, 2.45) is 5.73 Å². The van der Waals surface area contributed by atoms with E-state index in [1.807, 2.05) is 60.8 Å². The van der Waals surface area contributed by atoms with Gasteiger partial charge in [-0.3, -0.25) is 14.2 Å². The number of hydrogen-bond donors (Lipinski definition) is 1. The summed E-state index contributed by atoms with van der Waals surface area (Å²) in [5, 5.41) is 2.54. The first-order valence-electron chi connectivity index (χ1n) is 9.99. The Kier molecular flexibility index (Phi) is 5.86. The third kappa shape index (κ3) is 4.22. The molecule has 2 aromatic carbocycles. The number of fused-ring (bicyclic) bond motifs is 1. The van der Waals surface area contributed by atoms with Crippen molar-refractivity contribution < 1.29 is 9.53 Å². The van der Waals surface area contributed by atoms with Crippen LogP contribution in [0.25, 0.3) is 32.7 Å². The van der Waals surface area contributed by atoms with Gasteiger partial charge in [-0.15, -0.1) is 11.3 Å². The topological polar surface area (TPSA) is 87.2 Å². The van der Waals surface area contributed by atoms with Gasteiger partial charge in [0.15, 0.2) is 0 Å².